The van der Waals surface area contributed by atoms with E-state index in [2.05, 4.69) is 0 Å². The van der Waals surface area contributed by atoms with Gasteiger partial charge in [-0.2, -0.15) is 0 Å². The topological polar surface area (TPSA) is 17.1 Å². The van der Waals surface area contributed by atoms with Crippen molar-refractivity contribution in [2.24, 2.45) is 5.41 Å². The van der Waals surface area contributed by atoms with E-state index in [1.807, 2.05) is 0 Å². The molecule has 1 nitrogen and oxygen atoms in total. The highest BCUT2D eigenvalue weighted by atomic mass is 35.7. The fraction of sp³-hybridized carbons (Fsp3) is 1.00. The Kier molecular flexibility index (Phi) is 3.44. The molecule has 11 heavy (non-hydrogen) atoms. The first kappa shape index (κ1) is 11.3. The average Bonchev–Trinajstić information content (AvgIpc) is 1.56. The second-order valence-electron chi connectivity index (χ2n) is 3.21. The van der Waals surface area contributed by atoms with Crippen molar-refractivity contribution in [3.63, 3.8) is 0 Å². The van der Waals surface area contributed by atoms with Gasteiger partial charge in [0.25, 0.3) is 5.92 Å². The van der Waals surface area contributed by atoms with Crippen LogP contribution in [0.1, 0.15) is 20.8 Å². The lowest BCUT2D eigenvalue weighted by atomic mass is 9.89. The molecule has 0 aliphatic rings. The lowest BCUT2D eigenvalue weighted by molar-refractivity contribution is -0.0762. The molecule has 0 spiro atoms. The van der Waals surface area contributed by atoms with Crippen molar-refractivity contribution in [2.75, 3.05) is 5.75 Å². The first-order valence-electron chi connectivity index (χ1n) is 3.09. The van der Waals surface area contributed by atoms with Crippen molar-refractivity contribution in [2.45, 2.75) is 26.7 Å². The van der Waals surface area contributed by atoms with E-state index in [0.29, 0.717) is 0 Å². The van der Waals surface area contributed by atoms with Crippen molar-refractivity contribution >= 4 is 20.7 Å². The molecule has 68 valence electrons. The van der Waals surface area contributed by atoms with Crippen LogP contribution in [0.3, 0.4) is 0 Å². The van der Waals surface area contributed by atoms with Gasteiger partial charge in [0, 0.05) is 11.2 Å². The summed E-state index contributed by atoms with van der Waals surface area (Å²) in [6.45, 7) is 3.48. The summed E-state index contributed by atoms with van der Waals surface area (Å²) in [5.41, 5.74) is -1.31. The fourth-order valence-corrected chi connectivity index (χ4v) is 2.05. The monoisotopic (exact) mass is 204 g/mol. The van der Waals surface area contributed by atoms with Gasteiger partial charge in [-0.3, -0.25) is 0 Å². The zero-order chi connectivity index (χ0) is 9.28. The first-order chi connectivity index (χ1) is 4.67. The molecule has 5 heteroatoms. The van der Waals surface area contributed by atoms with Crippen LogP contribution < -0.4 is 0 Å². The van der Waals surface area contributed by atoms with Crippen molar-refractivity contribution < 1.29 is 13.0 Å². The lowest BCUT2D eigenvalue weighted by Gasteiger charge is -2.29. The summed E-state index contributed by atoms with van der Waals surface area (Å²) in [6.07, 6.45) is 0. The molecule has 0 rings (SSSR count). The summed E-state index contributed by atoms with van der Waals surface area (Å²) in [7, 11) is 3.42. The molecule has 0 bridgehead atoms. The minimum Gasteiger partial charge on any atom is -0.243 e. The third kappa shape index (κ3) is 3.47. The number of hydrogen-bond donors (Lipinski definition) is 0. The quantitative estimate of drug-likeness (QED) is 0.646. The molecular weight excluding hydrogens is 194 g/mol. The maximum atomic E-state index is 12.7. The van der Waals surface area contributed by atoms with Gasteiger partial charge in [-0.25, -0.2) is 13.0 Å². The highest BCUT2D eigenvalue weighted by molar-refractivity contribution is 8.08. The second-order valence-corrected chi connectivity index (χ2v) is 5.11. The molecule has 0 saturated carbocycles. The summed E-state index contributed by atoms with van der Waals surface area (Å²) < 4.78 is 35.8. The number of halogens is 3. The third-order valence-electron chi connectivity index (χ3n) is 1.66. The Balaban J connectivity index is 4.34. The van der Waals surface area contributed by atoms with Crippen LogP contribution in [-0.4, -0.2) is 15.9 Å². The van der Waals surface area contributed by atoms with Crippen LogP contribution in [0.15, 0.2) is 0 Å². The Bertz CT molecular complexity index is 164. The largest absolute Gasteiger partial charge is 0.251 e. The molecule has 0 heterocycles. The lowest BCUT2D eigenvalue weighted by Crippen LogP contribution is -2.37. The molecule has 0 aromatic heterocycles. The number of alkyl halides is 2. The molecule has 0 radical (unpaired) electrons. The Hall–Kier alpha value is 0.300. The normalized spacial score (nSPS) is 16.5. The van der Waals surface area contributed by atoms with E-state index in [1.54, 1.807) is 0 Å². The van der Waals surface area contributed by atoms with Crippen molar-refractivity contribution in [1.29, 1.82) is 0 Å². The number of rotatable bonds is 3. The molecule has 0 saturated heterocycles. The molecule has 1 atom stereocenters. The Morgan fingerprint density at radius 3 is 1.82 bits per heavy atom. The van der Waals surface area contributed by atoms with Crippen LogP contribution in [-0.2, 0) is 10.0 Å². The zero-order valence-corrected chi connectivity index (χ0v) is 8.23. The predicted molar refractivity (Wildman–Crippen MR) is 43.3 cm³/mol. The summed E-state index contributed by atoms with van der Waals surface area (Å²) in [5.74, 6) is -3.05. The minimum atomic E-state index is -2.85. The van der Waals surface area contributed by atoms with Gasteiger partial charge in [0.15, 0.2) is 0 Å². The molecule has 1 unspecified atom stereocenters. The van der Waals surface area contributed by atoms with E-state index < -0.39 is 21.4 Å². The third-order valence-corrected chi connectivity index (χ3v) is 2.94. The van der Waals surface area contributed by atoms with Gasteiger partial charge >= 0.3 is 0 Å². The van der Waals surface area contributed by atoms with Gasteiger partial charge in [-0.15, -0.1) is 0 Å². The van der Waals surface area contributed by atoms with Crippen LogP contribution in [0.5, 0.6) is 0 Å². The van der Waals surface area contributed by atoms with E-state index in [1.165, 1.54) is 13.8 Å². The van der Waals surface area contributed by atoms with Crippen LogP contribution in [0, 0.1) is 5.41 Å². The summed E-state index contributed by atoms with van der Waals surface area (Å²) >= 11 is 0. The summed E-state index contributed by atoms with van der Waals surface area (Å²) in [6, 6.07) is 0. The van der Waals surface area contributed by atoms with Crippen molar-refractivity contribution in [3.05, 3.63) is 0 Å². The average molecular weight is 205 g/mol. The molecular formula is C6H11ClF2OS. The van der Waals surface area contributed by atoms with Gasteiger partial charge < -0.3 is 0 Å². The maximum absolute atomic E-state index is 12.7. The van der Waals surface area contributed by atoms with E-state index in [4.69, 9.17) is 10.7 Å². The van der Waals surface area contributed by atoms with Gasteiger partial charge in [-0.05, 0) is 17.6 Å². The summed E-state index contributed by atoms with van der Waals surface area (Å²) in [4.78, 5) is 0. The predicted octanol–water partition coefficient (Wildman–Crippen LogP) is 2.57. The molecule has 0 N–H and O–H groups in total. The van der Waals surface area contributed by atoms with Crippen LogP contribution >= 0.6 is 10.7 Å². The Morgan fingerprint density at radius 2 is 1.73 bits per heavy atom. The van der Waals surface area contributed by atoms with Crippen LogP contribution in [0.25, 0.3) is 0 Å². The van der Waals surface area contributed by atoms with E-state index >= 15 is 0 Å². The van der Waals surface area contributed by atoms with Gasteiger partial charge in [0.05, 0.1) is 0 Å². The molecule has 0 amide bonds. The van der Waals surface area contributed by atoms with E-state index in [0.717, 1.165) is 6.92 Å². The van der Waals surface area contributed by atoms with Crippen molar-refractivity contribution in [3.8, 4) is 0 Å². The summed E-state index contributed by atoms with van der Waals surface area (Å²) in [5, 5.41) is 0. The highest BCUT2D eigenvalue weighted by Crippen LogP contribution is 2.36. The van der Waals surface area contributed by atoms with Crippen molar-refractivity contribution in [1.82, 2.24) is 0 Å². The van der Waals surface area contributed by atoms with Gasteiger partial charge in [0.1, 0.15) is 10.0 Å². The molecule has 0 aromatic rings. The Morgan fingerprint density at radius 1 is 1.36 bits per heavy atom. The molecule has 0 aromatic carbocycles. The minimum absolute atomic E-state index is 0.196. The van der Waals surface area contributed by atoms with E-state index in [9.17, 15) is 13.0 Å². The Labute approximate surface area is 72.1 Å². The maximum Gasteiger partial charge on any atom is 0.251 e. The highest BCUT2D eigenvalue weighted by Gasteiger charge is 2.42. The first-order valence-corrected chi connectivity index (χ1v) is 5.24. The fourth-order valence-electron chi connectivity index (χ4n) is 0.410. The van der Waals surface area contributed by atoms with Gasteiger partial charge in [-0.1, -0.05) is 13.8 Å². The standard InChI is InChI=1S/C6H11ClF2OS/c1-5(2,4-11(7)10)6(3,8)9/h4H2,1-3H3. The van der Waals surface area contributed by atoms with Crippen LogP contribution in [0.2, 0.25) is 0 Å². The molecule has 0 fully saturated rings. The molecule has 0 aliphatic carbocycles. The SMILES string of the molecule is CC(F)(F)C(C)(C)CS(=O)Cl. The smallest absolute Gasteiger partial charge is 0.243 e. The second kappa shape index (κ2) is 3.35. The number of hydrogen-bond acceptors (Lipinski definition) is 1. The van der Waals surface area contributed by atoms with Gasteiger partial charge in [0.2, 0.25) is 0 Å². The van der Waals surface area contributed by atoms with Crippen LogP contribution in [0.4, 0.5) is 8.78 Å². The van der Waals surface area contributed by atoms with E-state index in [-0.39, 0.29) is 5.75 Å². The zero-order valence-electron chi connectivity index (χ0n) is 6.66. The molecule has 0 aliphatic heterocycles.